The molecule has 4 nitrogen and oxygen atoms in total. The van der Waals surface area contributed by atoms with Crippen molar-refractivity contribution in [2.45, 2.75) is 38.3 Å². The Labute approximate surface area is 112 Å². The van der Waals surface area contributed by atoms with Crippen LogP contribution in [0.15, 0.2) is 24.3 Å². The van der Waals surface area contributed by atoms with Crippen LogP contribution in [0.3, 0.4) is 0 Å². The molecule has 4 rings (SSSR count). The number of aryl methyl sites for hydroxylation is 1. The van der Waals surface area contributed by atoms with E-state index in [0.29, 0.717) is 6.04 Å². The fourth-order valence-electron chi connectivity index (χ4n) is 3.10. The van der Waals surface area contributed by atoms with Crippen molar-refractivity contribution < 1.29 is 0 Å². The van der Waals surface area contributed by atoms with Crippen LogP contribution in [0.25, 0.3) is 0 Å². The molecule has 4 heteroatoms. The second kappa shape index (κ2) is 4.17. The fourth-order valence-corrected chi connectivity index (χ4v) is 3.10. The average Bonchev–Trinajstić information content (AvgIpc) is 3.21. The van der Waals surface area contributed by atoms with Gasteiger partial charge in [-0.25, -0.2) is 0 Å². The first kappa shape index (κ1) is 11.2. The van der Waals surface area contributed by atoms with Gasteiger partial charge in [0.15, 0.2) is 5.82 Å². The summed E-state index contributed by atoms with van der Waals surface area (Å²) in [6.45, 7) is 3.07. The summed E-state index contributed by atoms with van der Waals surface area (Å²) in [5, 5.41) is 12.4. The molecule has 2 heterocycles. The molecule has 1 saturated carbocycles. The minimum absolute atomic E-state index is 0.201. The van der Waals surface area contributed by atoms with Crippen molar-refractivity contribution in [1.29, 1.82) is 0 Å². The van der Waals surface area contributed by atoms with Gasteiger partial charge in [0.25, 0.3) is 0 Å². The SMILES string of the molecule is Cc1nnc(C2NCCc3ccccc32)n1C1CC1. The quantitative estimate of drug-likeness (QED) is 0.893. The van der Waals surface area contributed by atoms with Gasteiger partial charge in [0.2, 0.25) is 0 Å². The summed E-state index contributed by atoms with van der Waals surface area (Å²) in [4.78, 5) is 0. The Morgan fingerprint density at radius 1 is 1.21 bits per heavy atom. The molecule has 0 amide bonds. The zero-order chi connectivity index (χ0) is 12.8. The van der Waals surface area contributed by atoms with E-state index in [-0.39, 0.29) is 6.04 Å². The molecule has 1 fully saturated rings. The van der Waals surface area contributed by atoms with Crippen LogP contribution in [0.5, 0.6) is 0 Å². The molecular weight excluding hydrogens is 236 g/mol. The molecular formula is C15H18N4. The lowest BCUT2D eigenvalue weighted by molar-refractivity contribution is 0.512. The van der Waals surface area contributed by atoms with Crippen molar-refractivity contribution in [1.82, 2.24) is 20.1 Å². The van der Waals surface area contributed by atoms with Crippen LogP contribution >= 0.6 is 0 Å². The second-order valence-corrected chi connectivity index (χ2v) is 5.54. The first-order valence-electron chi connectivity index (χ1n) is 7.07. The summed E-state index contributed by atoms with van der Waals surface area (Å²) < 4.78 is 2.33. The van der Waals surface area contributed by atoms with E-state index in [1.807, 2.05) is 0 Å². The van der Waals surface area contributed by atoms with Gasteiger partial charge in [-0.05, 0) is 37.3 Å². The molecule has 19 heavy (non-hydrogen) atoms. The van der Waals surface area contributed by atoms with E-state index >= 15 is 0 Å². The molecule has 1 N–H and O–H groups in total. The summed E-state index contributed by atoms with van der Waals surface area (Å²) >= 11 is 0. The molecule has 1 aliphatic heterocycles. The van der Waals surface area contributed by atoms with E-state index in [9.17, 15) is 0 Å². The average molecular weight is 254 g/mol. The zero-order valence-corrected chi connectivity index (χ0v) is 11.1. The molecule has 0 spiro atoms. The van der Waals surface area contributed by atoms with Gasteiger partial charge in [-0.2, -0.15) is 0 Å². The monoisotopic (exact) mass is 254 g/mol. The van der Waals surface area contributed by atoms with Crippen LogP contribution in [0, 0.1) is 6.92 Å². The van der Waals surface area contributed by atoms with Crippen molar-refractivity contribution in [3.63, 3.8) is 0 Å². The van der Waals surface area contributed by atoms with Crippen molar-refractivity contribution in [3.8, 4) is 0 Å². The standard InChI is InChI=1S/C15H18N4/c1-10-17-18-15(19(10)12-6-7-12)14-13-5-3-2-4-11(13)8-9-16-14/h2-5,12,14,16H,6-9H2,1H3. The molecule has 1 aromatic carbocycles. The predicted molar refractivity (Wildman–Crippen MR) is 73.0 cm³/mol. The molecule has 0 bridgehead atoms. The van der Waals surface area contributed by atoms with Gasteiger partial charge in [0, 0.05) is 12.6 Å². The number of benzene rings is 1. The Hall–Kier alpha value is -1.68. The molecule has 1 atom stereocenters. The van der Waals surface area contributed by atoms with Crippen molar-refractivity contribution in [2.24, 2.45) is 0 Å². The van der Waals surface area contributed by atoms with Crippen molar-refractivity contribution in [3.05, 3.63) is 47.0 Å². The van der Waals surface area contributed by atoms with E-state index < -0.39 is 0 Å². The van der Waals surface area contributed by atoms with E-state index in [4.69, 9.17) is 0 Å². The Bertz CT molecular complexity index is 612. The molecule has 0 radical (unpaired) electrons. The van der Waals surface area contributed by atoms with Crippen molar-refractivity contribution >= 4 is 0 Å². The van der Waals surface area contributed by atoms with Crippen LogP contribution in [0.1, 0.15) is 47.7 Å². The maximum Gasteiger partial charge on any atom is 0.155 e. The first-order valence-corrected chi connectivity index (χ1v) is 7.07. The minimum Gasteiger partial charge on any atom is -0.310 e. The molecule has 1 aliphatic carbocycles. The van der Waals surface area contributed by atoms with Crippen LogP contribution in [0.4, 0.5) is 0 Å². The maximum absolute atomic E-state index is 4.45. The predicted octanol–water partition coefficient (Wildman–Crippen LogP) is 2.16. The lowest BCUT2D eigenvalue weighted by Gasteiger charge is -2.26. The van der Waals surface area contributed by atoms with Gasteiger partial charge in [-0.3, -0.25) is 0 Å². The Kier molecular flexibility index (Phi) is 2.45. The highest BCUT2D eigenvalue weighted by Crippen LogP contribution is 2.39. The normalized spacial score (nSPS) is 22.3. The topological polar surface area (TPSA) is 42.7 Å². The highest BCUT2D eigenvalue weighted by Gasteiger charge is 2.33. The number of aromatic nitrogens is 3. The molecule has 2 aromatic rings. The highest BCUT2D eigenvalue weighted by molar-refractivity contribution is 5.36. The molecule has 1 unspecified atom stereocenters. The third-order valence-corrected chi connectivity index (χ3v) is 4.17. The van der Waals surface area contributed by atoms with Crippen LogP contribution in [-0.2, 0) is 6.42 Å². The number of hydrogen-bond acceptors (Lipinski definition) is 3. The van der Waals surface area contributed by atoms with E-state index in [1.54, 1.807) is 0 Å². The maximum atomic E-state index is 4.45. The number of fused-ring (bicyclic) bond motifs is 1. The van der Waals surface area contributed by atoms with Gasteiger partial charge in [-0.15, -0.1) is 10.2 Å². The van der Waals surface area contributed by atoms with Crippen LogP contribution < -0.4 is 5.32 Å². The number of hydrogen-bond donors (Lipinski definition) is 1. The Balaban J connectivity index is 1.81. The summed E-state index contributed by atoms with van der Waals surface area (Å²) in [6, 6.07) is 9.51. The zero-order valence-electron chi connectivity index (χ0n) is 11.1. The summed E-state index contributed by atoms with van der Waals surface area (Å²) in [5.74, 6) is 2.13. The van der Waals surface area contributed by atoms with Gasteiger partial charge >= 0.3 is 0 Å². The van der Waals surface area contributed by atoms with Crippen LogP contribution in [-0.4, -0.2) is 21.3 Å². The minimum atomic E-state index is 0.201. The highest BCUT2D eigenvalue weighted by atomic mass is 15.3. The number of nitrogens with one attached hydrogen (secondary N) is 1. The fraction of sp³-hybridized carbons (Fsp3) is 0.467. The second-order valence-electron chi connectivity index (χ2n) is 5.54. The summed E-state index contributed by atoms with van der Waals surface area (Å²) in [6.07, 6.45) is 3.63. The van der Waals surface area contributed by atoms with E-state index in [1.165, 1.54) is 24.0 Å². The largest absolute Gasteiger partial charge is 0.310 e. The number of rotatable bonds is 2. The lowest BCUT2D eigenvalue weighted by atomic mass is 9.94. The smallest absolute Gasteiger partial charge is 0.155 e. The van der Waals surface area contributed by atoms with Crippen molar-refractivity contribution in [2.75, 3.05) is 6.54 Å². The van der Waals surface area contributed by atoms with Gasteiger partial charge in [0.05, 0.1) is 6.04 Å². The summed E-state index contributed by atoms with van der Waals surface area (Å²) in [5.41, 5.74) is 2.80. The molecule has 2 aliphatic rings. The third-order valence-electron chi connectivity index (χ3n) is 4.17. The van der Waals surface area contributed by atoms with E-state index in [0.717, 1.165) is 24.6 Å². The summed E-state index contributed by atoms with van der Waals surface area (Å²) in [7, 11) is 0. The lowest BCUT2D eigenvalue weighted by Crippen LogP contribution is -2.32. The molecule has 98 valence electrons. The number of nitrogens with zero attached hydrogens (tertiary/aromatic N) is 3. The Morgan fingerprint density at radius 3 is 2.89 bits per heavy atom. The third kappa shape index (κ3) is 1.78. The van der Waals surface area contributed by atoms with E-state index in [2.05, 4.69) is 51.3 Å². The molecule has 0 saturated heterocycles. The van der Waals surface area contributed by atoms with Gasteiger partial charge in [-0.1, -0.05) is 24.3 Å². The first-order chi connectivity index (χ1) is 9.34. The molecule has 1 aromatic heterocycles. The van der Waals surface area contributed by atoms with Gasteiger partial charge < -0.3 is 9.88 Å². The Morgan fingerprint density at radius 2 is 2.05 bits per heavy atom. The van der Waals surface area contributed by atoms with Gasteiger partial charge in [0.1, 0.15) is 5.82 Å². The van der Waals surface area contributed by atoms with Crippen LogP contribution in [0.2, 0.25) is 0 Å².